The van der Waals surface area contributed by atoms with Crippen molar-refractivity contribution in [2.45, 2.75) is 0 Å². The third-order valence-electron chi connectivity index (χ3n) is 0.915. The first-order valence-corrected chi connectivity index (χ1v) is 7.12. The molecule has 2 aromatic rings. The molecule has 2 N–H and O–H groups in total. The molecule has 7 nitrogen and oxygen atoms in total. The summed E-state index contributed by atoms with van der Waals surface area (Å²) in [4.78, 5) is 16.7. The Balaban J connectivity index is 0.000000229. The van der Waals surface area contributed by atoms with E-state index in [0.29, 0.717) is 0 Å². The Kier molecular flexibility index (Phi) is 8.05. The second kappa shape index (κ2) is 8.75. The summed E-state index contributed by atoms with van der Waals surface area (Å²) < 4.78 is 26.0. The van der Waals surface area contributed by atoms with Crippen molar-refractivity contribution in [2.24, 2.45) is 0 Å². The van der Waals surface area contributed by atoms with E-state index >= 15 is 0 Å². The molecule has 0 bridgehead atoms. The highest BCUT2D eigenvalue weighted by Gasteiger charge is 2.14. The lowest BCUT2D eigenvalue weighted by Crippen LogP contribution is -2.08. The van der Waals surface area contributed by atoms with E-state index in [1.54, 1.807) is 46.1 Å². The Hall–Kier alpha value is -1.36. The first kappa shape index (κ1) is 15.6. The number of aromatic nitrogens is 2. The number of nitrogens with zero attached hydrogens (tertiary/aromatic N) is 2. The van der Waals surface area contributed by atoms with Gasteiger partial charge in [0.15, 0.2) is 0 Å². The zero-order valence-electron chi connectivity index (χ0n) is 8.20. The van der Waals surface area contributed by atoms with Crippen molar-refractivity contribution in [1.29, 1.82) is 0 Å². The summed E-state index contributed by atoms with van der Waals surface area (Å²) in [5.41, 5.74) is 3.58. The van der Waals surface area contributed by atoms with Crippen LogP contribution < -0.4 is 0 Å². The van der Waals surface area contributed by atoms with E-state index in [2.05, 4.69) is 9.97 Å². The normalized spacial score (nSPS) is 9.24. The van der Waals surface area contributed by atoms with Crippen molar-refractivity contribution in [3.63, 3.8) is 0 Å². The Morgan fingerprint density at radius 2 is 1.41 bits per heavy atom. The van der Waals surface area contributed by atoms with E-state index in [9.17, 15) is 13.2 Å². The summed E-state index contributed by atoms with van der Waals surface area (Å²) in [6.07, 6.45) is 3.54. The number of rotatable bonds is 0. The van der Waals surface area contributed by atoms with Crippen molar-refractivity contribution in [1.82, 2.24) is 9.97 Å². The second-order valence-electron chi connectivity index (χ2n) is 2.09. The number of thiazole rings is 2. The molecule has 0 unspecified atom stereocenters. The van der Waals surface area contributed by atoms with Gasteiger partial charge >= 0.3 is 15.4 Å². The molecule has 0 spiro atoms. The Morgan fingerprint density at radius 1 is 1.06 bits per heavy atom. The summed E-state index contributed by atoms with van der Waals surface area (Å²) in [5.74, 6) is 0. The summed E-state index contributed by atoms with van der Waals surface area (Å²) in [7, 11) is -4.82. The van der Waals surface area contributed by atoms with Crippen LogP contribution in [0.5, 0.6) is 0 Å². The maximum Gasteiger partial charge on any atom is 0.449 e. The third-order valence-corrected chi connectivity index (χ3v) is 2.40. The van der Waals surface area contributed by atoms with Gasteiger partial charge in [0, 0.05) is 23.2 Å². The van der Waals surface area contributed by atoms with Crippen LogP contribution >= 0.6 is 22.7 Å². The fourth-order valence-electron chi connectivity index (χ4n) is 0.351. The fourth-order valence-corrected chi connectivity index (χ4v) is 1.05. The topological polar surface area (TPSA) is 117 Å². The average Bonchev–Trinajstić information content (AvgIpc) is 2.96. The maximum absolute atomic E-state index is 9.29. The van der Waals surface area contributed by atoms with E-state index in [1.807, 2.05) is 10.8 Å². The molecule has 0 amide bonds. The minimum absolute atomic E-state index is 1.60. The minimum atomic E-state index is -4.82. The van der Waals surface area contributed by atoms with Crippen LogP contribution in [-0.4, -0.2) is 33.3 Å². The predicted molar refractivity (Wildman–Crippen MR) is 63.8 cm³/mol. The van der Waals surface area contributed by atoms with Gasteiger partial charge in [-0.1, -0.05) is 0 Å². The zero-order valence-corrected chi connectivity index (χ0v) is 10.7. The van der Waals surface area contributed by atoms with Gasteiger partial charge in [-0.25, -0.2) is 4.79 Å². The van der Waals surface area contributed by atoms with E-state index in [0.717, 1.165) is 0 Å². The molecule has 17 heavy (non-hydrogen) atoms. The molecular formula is C7H8N2O5S3. The second-order valence-corrected chi connectivity index (χ2v) is 4.90. The summed E-state index contributed by atoms with van der Waals surface area (Å²) in [6.45, 7) is 0. The SMILES string of the molecule is O=C(O)S(=O)(=O)O.c1cscn1.c1cscn1. The molecule has 94 valence electrons. The van der Waals surface area contributed by atoms with Crippen LogP contribution in [0, 0.1) is 0 Å². The molecule has 0 aliphatic carbocycles. The average molecular weight is 296 g/mol. The molecular weight excluding hydrogens is 288 g/mol. The maximum atomic E-state index is 9.29. The van der Waals surface area contributed by atoms with Crippen LogP contribution in [0.15, 0.2) is 34.2 Å². The lowest BCUT2D eigenvalue weighted by atomic mass is 11.0. The quantitative estimate of drug-likeness (QED) is 0.712. The number of carbonyl (C=O) groups is 1. The molecule has 2 heterocycles. The van der Waals surface area contributed by atoms with E-state index < -0.39 is 15.4 Å². The number of carboxylic acid groups (broad SMARTS) is 1. The smallest absolute Gasteiger partial charge is 0.449 e. The van der Waals surface area contributed by atoms with Crippen LogP contribution in [0.1, 0.15) is 0 Å². The molecule has 0 aliphatic heterocycles. The van der Waals surface area contributed by atoms with Gasteiger partial charge in [-0.05, 0) is 0 Å². The molecule has 10 heteroatoms. The molecule has 0 aliphatic rings. The number of hydrogen-bond acceptors (Lipinski definition) is 7. The van der Waals surface area contributed by atoms with Crippen LogP contribution in [-0.2, 0) is 10.1 Å². The van der Waals surface area contributed by atoms with Crippen molar-refractivity contribution >= 4 is 38.1 Å². The molecule has 0 radical (unpaired) electrons. The molecule has 0 saturated heterocycles. The first-order chi connectivity index (χ1) is 7.94. The van der Waals surface area contributed by atoms with Gasteiger partial charge in [-0.2, -0.15) is 8.42 Å². The lowest BCUT2D eigenvalue weighted by molar-refractivity contribution is 0.216. The largest absolute Gasteiger partial charge is 0.468 e. The van der Waals surface area contributed by atoms with Gasteiger partial charge in [0.25, 0.3) is 0 Å². The molecule has 0 saturated carbocycles. The van der Waals surface area contributed by atoms with Gasteiger partial charge in [0.05, 0.1) is 11.0 Å². The number of hydrogen-bond donors (Lipinski definition) is 2. The van der Waals surface area contributed by atoms with Crippen molar-refractivity contribution in [3.8, 4) is 0 Å². The summed E-state index contributed by atoms with van der Waals surface area (Å²) in [5, 5.41) is 9.04. The van der Waals surface area contributed by atoms with Gasteiger partial charge in [0.2, 0.25) is 0 Å². The Morgan fingerprint density at radius 3 is 1.47 bits per heavy atom. The van der Waals surface area contributed by atoms with E-state index in [1.165, 1.54) is 0 Å². The van der Waals surface area contributed by atoms with Gasteiger partial charge in [-0.15, -0.1) is 22.7 Å². The fraction of sp³-hybridized carbons (Fsp3) is 0. The van der Waals surface area contributed by atoms with Crippen LogP contribution in [0.25, 0.3) is 0 Å². The minimum Gasteiger partial charge on any atom is -0.468 e. The van der Waals surface area contributed by atoms with Gasteiger partial charge in [-0.3, -0.25) is 14.5 Å². The standard InChI is InChI=1S/2C3H3NS.CH2O5S/c2*1-2-5-3-4-1;2-1(3)7(4,5)6/h2*1-3H;(H,2,3)(H,4,5,6). The highest BCUT2D eigenvalue weighted by molar-refractivity contribution is 8.00. The molecule has 0 atom stereocenters. The van der Waals surface area contributed by atoms with Crippen LogP contribution in [0.3, 0.4) is 0 Å². The van der Waals surface area contributed by atoms with E-state index in [4.69, 9.17) is 9.66 Å². The highest BCUT2D eigenvalue weighted by atomic mass is 32.2. The molecule has 0 fully saturated rings. The molecule has 2 rings (SSSR count). The van der Waals surface area contributed by atoms with Crippen molar-refractivity contribution in [2.75, 3.05) is 0 Å². The van der Waals surface area contributed by atoms with Crippen LogP contribution in [0.4, 0.5) is 4.79 Å². The predicted octanol–water partition coefficient (Wildman–Crippen LogP) is 1.84. The van der Waals surface area contributed by atoms with Crippen LogP contribution in [0.2, 0.25) is 0 Å². The monoisotopic (exact) mass is 296 g/mol. The summed E-state index contributed by atoms with van der Waals surface area (Å²) in [6, 6.07) is 0. The zero-order chi connectivity index (χ0) is 13.1. The highest BCUT2D eigenvalue weighted by Crippen LogP contribution is 1.86. The van der Waals surface area contributed by atoms with Crippen molar-refractivity contribution < 1.29 is 22.9 Å². The van der Waals surface area contributed by atoms with Gasteiger partial charge in [0.1, 0.15) is 0 Å². The molecule has 2 aromatic heterocycles. The van der Waals surface area contributed by atoms with Gasteiger partial charge < -0.3 is 5.11 Å². The Bertz CT molecular complexity index is 419. The van der Waals surface area contributed by atoms with E-state index in [-0.39, 0.29) is 0 Å². The lowest BCUT2D eigenvalue weighted by Gasteiger charge is -1.78. The van der Waals surface area contributed by atoms with Crippen molar-refractivity contribution in [3.05, 3.63) is 34.2 Å². The third kappa shape index (κ3) is 10.9. The summed E-state index contributed by atoms with van der Waals surface area (Å²) >= 11 is 3.20. The molecule has 0 aromatic carbocycles. The Labute approximate surface area is 105 Å². The first-order valence-electron chi connectivity index (χ1n) is 3.79.